The molecule has 0 fully saturated rings. The van der Waals surface area contributed by atoms with Crippen molar-refractivity contribution in [1.29, 1.82) is 0 Å². The molecule has 0 spiro atoms. The number of aliphatic carboxylic acids is 1. The summed E-state index contributed by atoms with van der Waals surface area (Å²) < 4.78 is 23.2. The number of aromatic nitrogens is 2. The molecule has 0 aliphatic carbocycles. The summed E-state index contributed by atoms with van der Waals surface area (Å²) in [6, 6.07) is -1.24. The van der Waals surface area contributed by atoms with Gasteiger partial charge < -0.3 is 10.4 Å². The predicted molar refractivity (Wildman–Crippen MR) is 66.1 cm³/mol. The number of hydrogen-bond donors (Lipinski definition) is 2. The van der Waals surface area contributed by atoms with Crippen LogP contribution in [0, 0.1) is 0 Å². The second-order valence-electron chi connectivity index (χ2n) is 4.17. The van der Waals surface area contributed by atoms with Crippen LogP contribution < -0.4 is 5.32 Å². The number of sulfone groups is 1. The number of aryl methyl sites for hydroxylation is 1. The number of nitrogens with one attached hydrogen (secondary N) is 1. The van der Waals surface area contributed by atoms with Crippen molar-refractivity contribution in [2.75, 3.05) is 12.0 Å². The number of carboxylic acid groups (broad SMARTS) is 1. The smallest absolute Gasteiger partial charge is 0.331 e. The zero-order valence-corrected chi connectivity index (χ0v) is 11.3. The Labute approximate surface area is 110 Å². The van der Waals surface area contributed by atoms with Crippen molar-refractivity contribution in [2.45, 2.75) is 12.5 Å². The molecule has 106 valence electrons. The van der Waals surface area contributed by atoms with Crippen LogP contribution in [0.4, 0.5) is 0 Å². The molecule has 0 aromatic carbocycles. The number of nitrogens with zero attached hydrogens (tertiary/aromatic N) is 2. The molecule has 1 aromatic rings. The number of rotatable bonds is 6. The molecule has 1 rings (SSSR count). The summed E-state index contributed by atoms with van der Waals surface area (Å²) in [4.78, 5) is 22.6. The summed E-state index contributed by atoms with van der Waals surface area (Å²) in [5.74, 6) is -2.19. The lowest BCUT2D eigenvalue weighted by Gasteiger charge is -2.12. The van der Waals surface area contributed by atoms with Gasteiger partial charge in [0.05, 0.1) is 11.9 Å². The first-order valence-electron chi connectivity index (χ1n) is 5.37. The molecule has 1 amide bonds. The van der Waals surface area contributed by atoms with Crippen LogP contribution in [0.3, 0.4) is 0 Å². The van der Waals surface area contributed by atoms with E-state index in [1.807, 2.05) is 0 Å². The van der Waals surface area contributed by atoms with Crippen LogP contribution in [-0.4, -0.2) is 47.2 Å². The number of amides is 1. The van der Waals surface area contributed by atoms with Gasteiger partial charge in [0.1, 0.15) is 9.84 Å². The van der Waals surface area contributed by atoms with Crippen LogP contribution in [0.2, 0.25) is 0 Å². The summed E-state index contributed by atoms with van der Waals surface area (Å²) in [5, 5.41) is 15.1. The molecular formula is C10H15N3O5S. The predicted octanol–water partition coefficient (Wildman–Crippen LogP) is -0.903. The SMILES string of the molecule is Cn1cc(C(NC(=O)CCS(C)(=O)=O)C(=O)O)cn1. The molecule has 0 saturated carbocycles. The number of carbonyl (C=O) groups is 2. The van der Waals surface area contributed by atoms with Crippen LogP contribution in [0.25, 0.3) is 0 Å². The van der Waals surface area contributed by atoms with Gasteiger partial charge in [-0.1, -0.05) is 0 Å². The van der Waals surface area contributed by atoms with Crippen molar-refractivity contribution in [1.82, 2.24) is 15.1 Å². The van der Waals surface area contributed by atoms with E-state index in [1.54, 1.807) is 7.05 Å². The second-order valence-corrected chi connectivity index (χ2v) is 6.43. The molecule has 2 N–H and O–H groups in total. The van der Waals surface area contributed by atoms with Gasteiger partial charge in [0.2, 0.25) is 5.91 Å². The summed E-state index contributed by atoms with van der Waals surface area (Å²) in [7, 11) is -1.64. The Hall–Kier alpha value is -1.90. The van der Waals surface area contributed by atoms with Crippen LogP contribution >= 0.6 is 0 Å². The zero-order chi connectivity index (χ0) is 14.6. The molecule has 19 heavy (non-hydrogen) atoms. The lowest BCUT2D eigenvalue weighted by molar-refractivity contribution is -0.142. The van der Waals surface area contributed by atoms with Crippen LogP contribution in [0.1, 0.15) is 18.0 Å². The average molecular weight is 289 g/mol. The van der Waals surface area contributed by atoms with Gasteiger partial charge in [0, 0.05) is 31.5 Å². The van der Waals surface area contributed by atoms with Gasteiger partial charge in [0.25, 0.3) is 0 Å². The summed E-state index contributed by atoms with van der Waals surface area (Å²) in [6.07, 6.45) is 3.53. The van der Waals surface area contributed by atoms with Crippen LogP contribution in [0.15, 0.2) is 12.4 Å². The van der Waals surface area contributed by atoms with E-state index >= 15 is 0 Å². The standard InChI is InChI=1S/C10H15N3O5S/c1-13-6-7(5-11-13)9(10(15)16)12-8(14)3-4-19(2,17)18/h5-6,9H,3-4H2,1-2H3,(H,12,14)(H,15,16). The third kappa shape index (κ3) is 5.08. The molecule has 0 radical (unpaired) electrons. The van der Waals surface area contributed by atoms with Crippen molar-refractivity contribution in [3.63, 3.8) is 0 Å². The van der Waals surface area contributed by atoms with Crippen molar-refractivity contribution in [3.8, 4) is 0 Å². The topological polar surface area (TPSA) is 118 Å². The van der Waals surface area contributed by atoms with E-state index in [0.717, 1.165) is 6.26 Å². The minimum absolute atomic E-state index is 0.275. The second kappa shape index (κ2) is 5.83. The van der Waals surface area contributed by atoms with E-state index in [1.165, 1.54) is 17.1 Å². The molecule has 1 unspecified atom stereocenters. The van der Waals surface area contributed by atoms with E-state index in [9.17, 15) is 18.0 Å². The number of hydrogen-bond acceptors (Lipinski definition) is 5. The van der Waals surface area contributed by atoms with Gasteiger partial charge in [-0.15, -0.1) is 0 Å². The highest BCUT2D eigenvalue weighted by molar-refractivity contribution is 7.90. The van der Waals surface area contributed by atoms with Crippen molar-refractivity contribution in [2.24, 2.45) is 7.05 Å². The molecule has 0 saturated heterocycles. The Morgan fingerprint density at radius 3 is 2.58 bits per heavy atom. The highest BCUT2D eigenvalue weighted by Gasteiger charge is 2.23. The third-order valence-corrected chi connectivity index (χ3v) is 3.26. The largest absolute Gasteiger partial charge is 0.479 e. The first kappa shape index (κ1) is 15.2. The quantitative estimate of drug-likeness (QED) is 0.700. The summed E-state index contributed by atoms with van der Waals surface area (Å²) >= 11 is 0. The highest BCUT2D eigenvalue weighted by atomic mass is 32.2. The normalized spacial score (nSPS) is 12.9. The Balaban J connectivity index is 2.70. The molecule has 8 nitrogen and oxygen atoms in total. The maximum Gasteiger partial charge on any atom is 0.331 e. The summed E-state index contributed by atoms with van der Waals surface area (Å²) in [6.45, 7) is 0. The monoisotopic (exact) mass is 289 g/mol. The fourth-order valence-electron chi connectivity index (χ4n) is 1.39. The Morgan fingerprint density at radius 2 is 2.16 bits per heavy atom. The highest BCUT2D eigenvalue weighted by Crippen LogP contribution is 2.12. The Morgan fingerprint density at radius 1 is 1.53 bits per heavy atom. The minimum atomic E-state index is -3.26. The molecule has 1 aromatic heterocycles. The van der Waals surface area contributed by atoms with E-state index in [4.69, 9.17) is 5.11 Å². The molecule has 9 heteroatoms. The number of carbonyl (C=O) groups excluding carboxylic acids is 1. The fourth-order valence-corrected chi connectivity index (χ4v) is 1.94. The van der Waals surface area contributed by atoms with E-state index in [0.29, 0.717) is 5.56 Å². The maximum absolute atomic E-state index is 11.5. The van der Waals surface area contributed by atoms with Gasteiger partial charge in [-0.2, -0.15) is 5.10 Å². The first-order chi connectivity index (χ1) is 8.69. The average Bonchev–Trinajstić information content (AvgIpc) is 2.68. The third-order valence-electron chi connectivity index (χ3n) is 2.31. The van der Waals surface area contributed by atoms with Gasteiger partial charge in [0.15, 0.2) is 6.04 Å². The maximum atomic E-state index is 11.5. The fraction of sp³-hybridized carbons (Fsp3) is 0.500. The molecular weight excluding hydrogens is 274 g/mol. The summed E-state index contributed by atoms with van der Waals surface area (Å²) in [5.41, 5.74) is 0.322. The minimum Gasteiger partial charge on any atom is -0.479 e. The molecule has 1 heterocycles. The van der Waals surface area contributed by atoms with E-state index < -0.39 is 27.8 Å². The zero-order valence-electron chi connectivity index (χ0n) is 10.5. The van der Waals surface area contributed by atoms with Crippen LogP contribution in [0.5, 0.6) is 0 Å². The van der Waals surface area contributed by atoms with Crippen molar-refractivity contribution in [3.05, 3.63) is 18.0 Å². The molecule has 0 aliphatic heterocycles. The van der Waals surface area contributed by atoms with E-state index in [-0.39, 0.29) is 12.2 Å². The lowest BCUT2D eigenvalue weighted by atomic mass is 10.1. The van der Waals surface area contributed by atoms with E-state index in [2.05, 4.69) is 10.4 Å². The van der Waals surface area contributed by atoms with Crippen molar-refractivity contribution < 1.29 is 23.1 Å². The first-order valence-corrected chi connectivity index (χ1v) is 7.43. The van der Waals surface area contributed by atoms with Gasteiger partial charge >= 0.3 is 5.97 Å². The van der Waals surface area contributed by atoms with Crippen molar-refractivity contribution >= 4 is 21.7 Å². The lowest BCUT2D eigenvalue weighted by Crippen LogP contribution is -2.34. The molecule has 0 aliphatic rings. The van der Waals surface area contributed by atoms with Gasteiger partial charge in [-0.25, -0.2) is 13.2 Å². The number of carboxylic acids is 1. The Bertz CT molecular complexity index is 578. The molecule has 0 bridgehead atoms. The van der Waals surface area contributed by atoms with Gasteiger partial charge in [-0.3, -0.25) is 9.48 Å². The Kier molecular flexibility index (Phi) is 4.65. The van der Waals surface area contributed by atoms with Crippen LogP contribution in [-0.2, 0) is 26.5 Å². The molecule has 1 atom stereocenters. The van der Waals surface area contributed by atoms with Gasteiger partial charge in [-0.05, 0) is 0 Å².